The summed E-state index contributed by atoms with van der Waals surface area (Å²) in [5.74, 6) is -6.98. The largest absolute Gasteiger partial charge is 0.492 e. The zero-order chi connectivity index (χ0) is 30.5. The number of rotatable bonds is 8. The molecule has 0 aromatic heterocycles. The molecule has 2 aromatic carbocycles. The monoisotopic (exact) mass is 595 g/mol. The number of hydrogen-bond donors (Lipinski definition) is 1. The van der Waals surface area contributed by atoms with E-state index >= 15 is 0 Å². The van der Waals surface area contributed by atoms with Crippen LogP contribution in [0, 0.1) is 17.2 Å². The summed E-state index contributed by atoms with van der Waals surface area (Å²) in [7, 11) is -4.50. The van der Waals surface area contributed by atoms with Gasteiger partial charge in [-0.2, -0.15) is 13.2 Å². The van der Waals surface area contributed by atoms with Gasteiger partial charge in [-0.3, -0.25) is 4.79 Å². The van der Waals surface area contributed by atoms with Crippen molar-refractivity contribution in [1.82, 2.24) is 0 Å². The van der Waals surface area contributed by atoms with Crippen molar-refractivity contribution < 1.29 is 49.4 Å². The SMILES string of the molecule is CC(F)(F)CC[C@@H]1CN(c2ccc(F)cc2)c2cc(C(F)(F)F)c(OCC(C)(C)C(=O)O)cc2S(=O)(=O)C1(C)C. The molecule has 1 N–H and O–H groups in total. The lowest BCUT2D eigenvalue weighted by atomic mass is 9.88. The van der Waals surface area contributed by atoms with Gasteiger partial charge in [-0.25, -0.2) is 21.6 Å². The molecule has 0 amide bonds. The summed E-state index contributed by atoms with van der Waals surface area (Å²) in [6, 6.07) is 5.90. The molecular formula is C27H31F6NO5S. The fourth-order valence-corrected chi connectivity index (χ4v) is 6.31. The Morgan fingerprint density at radius 1 is 1.07 bits per heavy atom. The third kappa shape index (κ3) is 6.34. The van der Waals surface area contributed by atoms with Gasteiger partial charge in [0.2, 0.25) is 5.92 Å². The first kappa shape index (κ1) is 31.6. The van der Waals surface area contributed by atoms with Gasteiger partial charge >= 0.3 is 12.1 Å². The van der Waals surface area contributed by atoms with Crippen molar-refractivity contribution in [3.63, 3.8) is 0 Å². The Morgan fingerprint density at radius 2 is 1.65 bits per heavy atom. The van der Waals surface area contributed by atoms with Gasteiger partial charge in [0.05, 0.1) is 26.3 Å². The molecule has 1 heterocycles. The maximum atomic E-state index is 14.3. The van der Waals surface area contributed by atoms with Crippen LogP contribution >= 0.6 is 0 Å². The molecule has 3 rings (SSSR count). The fraction of sp³-hybridized carbons (Fsp3) is 0.519. The Hall–Kier alpha value is -2.96. The van der Waals surface area contributed by atoms with Gasteiger partial charge in [-0.05, 0) is 77.3 Å². The number of ether oxygens (including phenoxy) is 1. The highest BCUT2D eigenvalue weighted by molar-refractivity contribution is 7.93. The van der Waals surface area contributed by atoms with Crippen LogP contribution < -0.4 is 9.64 Å². The number of carboxylic acid groups (broad SMARTS) is 1. The molecule has 0 saturated heterocycles. The number of carboxylic acids is 1. The van der Waals surface area contributed by atoms with E-state index in [1.807, 2.05) is 0 Å². The topological polar surface area (TPSA) is 83.9 Å². The molecule has 1 aliphatic rings. The lowest BCUT2D eigenvalue weighted by molar-refractivity contribution is -0.148. The van der Waals surface area contributed by atoms with Gasteiger partial charge in [-0.15, -0.1) is 0 Å². The molecule has 0 saturated carbocycles. The standard InChI is InChI=1S/C27H31F6NO5S/c1-24(2,23(35)36)15-39-21-13-22-20(12-19(21)27(31,32)33)34(18-8-6-17(28)7-9-18)14-16(10-11-26(5,29)30)25(3,4)40(22,37)38/h6-9,12-13,16H,10-11,14-15H2,1-5H3,(H,35,36)/t16-/m1/s1. The summed E-state index contributed by atoms with van der Waals surface area (Å²) >= 11 is 0. The number of fused-ring (bicyclic) bond motifs is 1. The fourth-order valence-electron chi connectivity index (χ4n) is 4.41. The van der Waals surface area contributed by atoms with Crippen molar-refractivity contribution in [2.24, 2.45) is 11.3 Å². The number of nitrogens with zero attached hydrogens (tertiary/aromatic N) is 1. The van der Waals surface area contributed by atoms with E-state index in [4.69, 9.17) is 4.74 Å². The third-order valence-corrected chi connectivity index (χ3v) is 9.89. The number of anilines is 2. The van der Waals surface area contributed by atoms with E-state index in [1.54, 1.807) is 0 Å². The van der Waals surface area contributed by atoms with Crippen LogP contribution in [-0.4, -0.2) is 43.3 Å². The maximum Gasteiger partial charge on any atom is 0.420 e. The number of alkyl halides is 5. The lowest BCUT2D eigenvalue weighted by Gasteiger charge is -2.34. The summed E-state index contributed by atoms with van der Waals surface area (Å²) in [4.78, 5) is 12.2. The second kappa shape index (κ2) is 10.5. The molecule has 1 atom stereocenters. The van der Waals surface area contributed by atoms with Gasteiger partial charge in [0.25, 0.3) is 0 Å². The molecule has 0 fully saturated rings. The summed E-state index contributed by atoms with van der Waals surface area (Å²) in [5.41, 5.74) is -3.20. The number of carbonyl (C=O) groups is 1. The molecule has 1 aliphatic heterocycles. The quantitative estimate of drug-likeness (QED) is 0.328. The van der Waals surface area contributed by atoms with E-state index in [9.17, 15) is 44.7 Å². The average Bonchev–Trinajstić information content (AvgIpc) is 2.87. The van der Waals surface area contributed by atoms with Crippen LogP contribution in [-0.2, 0) is 20.8 Å². The van der Waals surface area contributed by atoms with Crippen LogP contribution in [0.3, 0.4) is 0 Å². The van der Waals surface area contributed by atoms with E-state index in [1.165, 1.54) is 44.7 Å². The van der Waals surface area contributed by atoms with Gasteiger partial charge in [0.1, 0.15) is 18.2 Å². The van der Waals surface area contributed by atoms with Crippen LogP contribution in [0.25, 0.3) is 0 Å². The second-order valence-electron chi connectivity index (χ2n) is 11.3. The van der Waals surface area contributed by atoms with Crippen LogP contribution in [0.5, 0.6) is 5.75 Å². The smallest absolute Gasteiger partial charge is 0.420 e. The van der Waals surface area contributed by atoms with Crippen molar-refractivity contribution in [2.45, 2.75) is 69.2 Å². The van der Waals surface area contributed by atoms with Crippen molar-refractivity contribution in [2.75, 3.05) is 18.1 Å². The molecule has 222 valence electrons. The van der Waals surface area contributed by atoms with Gasteiger partial charge in [0, 0.05) is 24.7 Å². The summed E-state index contributed by atoms with van der Waals surface area (Å²) in [6.07, 6.45) is -5.98. The molecule has 0 aliphatic carbocycles. The minimum absolute atomic E-state index is 0.151. The zero-order valence-corrected chi connectivity index (χ0v) is 23.4. The highest BCUT2D eigenvalue weighted by Crippen LogP contribution is 2.50. The van der Waals surface area contributed by atoms with Crippen LogP contribution in [0.4, 0.5) is 37.7 Å². The van der Waals surface area contributed by atoms with E-state index in [0.717, 1.165) is 12.1 Å². The highest BCUT2D eigenvalue weighted by Gasteiger charge is 2.49. The Labute approximate surface area is 228 Å². The number of halogens is 6. The highest BCUT2D eigenvalue weighted by atomic mass is 32.2. The first-order valence-corrected chi connectivity index (χ1v) is 13.8. The number of aliphatic carboxylic acids is 1. The molecule has 2 aromatic rings. The lowest BCUT2D eigenvalue weighted by Crippen LogP contribution is -2.43. The van der Waals surface area contributed by atoms with E-state index in [0.29, 0.717) is 19.1 Å². The second-order valence-corrected chi connectivity index (χ2v) is 13.8. The van der Waals surface area contributed by atoms with E-state index in [-0.39, 0.29) is 24.3 Å². The summed E-state index contributed by atoms with van der Waals surface area (Å²) < 4.78 is 116. The molecule has 0 radical (unpaired) electrons. The molecule has 6 nitrogen and oxygen atoms in total. The van der Waals surface area contributed by atoms with Crippen molar-refractivity contribution in [3.8, 4) is 5.75 Å². The molecule has 13 heteroatoms. The minimum atomic E-state index is -5.04. The molecule has 0 spiro atoms. The zero-order valence-electron chi connectivity index (χ0n) is 22.6. The molecular weight excluding hydrogens is 564 g/mol. The number of hydrogen-bond acceptors (Lipinski definition) is 5. The Morgan fingerprint density at radius 3 is 2.15 bits per heavy atom. The number of benzene rings is 2. The van der Waals surface area contributed by atoms with Gasteiger partial charge in [-0.1, -0.05) is 0 Å². The van der Waals surface area contributed by atoms with Crippen molar-refractivity contribution in [3.05, 3.63) is 47.8 Å². The minimum Gasteiger partial charge on any atom is -0.492 e. The van der Waals surface area contributed by atoms with Gasteiger partial charge in [0.15, 0.2) is 9.84 Å². The summed E-state index contributed by atoms with van der Waals surface area (Å²) in [6.45, 7) is 4.84. The van der Waals surface area contributed by atoms with E-state index in [2.05, 4.69) is 0 Å². The molecule has 0 unspecified atom stereocenters. The summed E-state index contributed by atoms with van der Waals surface area (Å²) in [5, 5.41) is 9.36. The van der Waals surface area contributed by atoms with Crippen LogP contribution in [0.1, 0.15) is 53.0 Å². The average molecular weight is 596 g/mol. The first-order chi connectivity index (χ1) is 18.1. The first-order valence-electron chi connectivity index (χ1n) is 12.3. The Balaban J connectivity index is 2.32. The molecule has 40 heavy (non-hydrogen) atoms. The van der Waals surface area contributed by atoms with Gasteiger partial charge < -0.3 is 14.7 Å². The predicted octanol–water partition coefficient (Wildman–Crippen LogP) is 7.09. The van der Waals surface area contributed by atoms with E-state index < -0.39 is 79.0 Å². The predicted molar refractivity (Wildman–Crippen MR) is 136 cm³/mol. The maximum absolute atomic E-state index is 14.3. The number of sulfone groups is 1. The van der Waals surface area contributed by atoms with Crippen molar-refractivity contribution >= 4 is 27.2 Å². The van der Waals surface area contributed by atoms with Crippen molar-refractivity contribution in [1.29, 1.82) is 0 Å². The molecule has 0 bridgehead atoms. The third-order valence-electron chi connectivity index (χ3n) is 7.26. The normalized spacial score (nSPS) is 19.1. The van der Waals surface area contributed by atoms with Crippen LogP contribution in [0.2, 0.25) is 0 Å². The Kier molecular flexibility index (Phi) is 8.25. The van der Waals surface area contributed by atoms with Crippen LogP contribution in [0.15, 0.2) is 41.3 Å². The Bertz CT molecular complexity index is 1370.